The predicted octanol–water partition coefficient (Wildman–Crippen LogP) is -0.336. The zero-order valence-electron chi connectivity index (χ0n) is 24.5. The number of hydrogen-bond acceptors (Lipinski definition) is 9. The van der Waals surface area contributed by atoms with Crippen molar-refractivity contribution in [2.24, 2.45) is 0 Å². The van der Waals surface area contributed by atoms with E-state index in [0.717, 1.165) is 11.1 Å². The highest BCUT2D eigenvalue weighted by atomic mass is 16.6. The maximum Gasteiger partial charge on any atom is 0.245 e. The quantitative estimate of drug-likeness (QED) is 0.173. The van der Waals surface area contributed by atoms with E-state index in [1.54, 1.807) is 38.3 Å². The van der Waals surface area contributed by atoms with Gasteiger partial charge in [-0.25, -0.2) is 0 Å². The Labute approximate surface area is 250 Å². The molecule has 0 bridgehead atoms. The van der Waals surface area contributed by atoms with Crippen LogP contribution in [-0.2, 0) is 41.5 Å². The molecule has 0 saturated carbocycles. The van der Waals surface area contributed by atoms with Gasteiger partial charge in [-0.1, -0.05) is 42.5 Å². The summed E-state index contributed by atoms with van der Waals surface area (Å²) in [4.78, 5) is 53.0. The lowest BCUT2D eigenvalue weighted by Crippen LogP contribution is -2.58. The molecular weight excluding hydrogens is 556 g/mol. The minimum Gasteiger partial charge on any atom is -0.497 e. The lowest BCUT2D eigenvalue weighted by molar-refractivity contribution is -0.135. The molecular formula is C31H40N4O8. The Morgan fingerprint density at radius 3 is 2.19 bits per heavy atom. The molecule has 3 amide bonds. The number of rotatable bonds is 15. The van der Waals surface area contributed by atoms with Crippen LogP contribution in [0.1, 0.15) is 24.5 Å². The van der Waals surface area contributed by atoms with Gasteiger partial charge in [0.2, 0.25) is 17.7 Å². The molecule has 2 saturated heterocycles. The number of carbonyl (C=O) groups is 4. The number of nitrogens with one attached hydrogen (secondary N) is 4. The molecule has 12 heteroatoms. The van der Waals surface area contributed by atoms with Crippen LogP contribution in [0.2, 0.25) is 0 Å². The Morgan fingerprint density at radius 1 is 0.953 bits per heavy atom. The maximum absolute atomic E-state index is 13.7. The molecule has 43 heavy (non-hydrogen) atoms. The van der Waals surface area contributed by atoms with E-state index in [0.29, 0.717) is 25.4 Å². The standard InChI is InChI=1S/C31H40N4O8/c1-31(19-43-31)28(38)24(14-20-6-4-3-5-7-20)34-29(39)25(15-21-8-10-22(41-2)11-9-21)35-30(40)26(18-36)33-27(37)16-23-17-32-12-13-42-23/h3-11,23-26,32,36H,12-19H2,1-2H3,(H,33,37)(H,34,39)(H,35,40)/t23?,24-,25-,26-,31+/m0/s1. The Balaban J connectivity index is 1.49. The average molecular weight is 597 g/mol. The Bertz CT molecular complexity index is 1250. The van der Waals surface area contributed by atoms with E-state index in [2.05, 4.69) is 21.3 Å². The molecule has 2 aromatic rings. The number of ketones is 1. The number of benzene rings is 2. The second-order valence-corrected chi connectivity index (χ2v) is 11.0. The summed E-state index contributed by atoms with van der Waals surface area (Å²) in [5.41, 5.74) is 0.586. The lowest BCUT2D eigenvalue weighted by atomic mass is 9.94. The van der Waals surface area contributed by atoms with Crippen molar-refractivity contribution in [2.45, 2.75) is 56.0 Å². The normalized spacial score (nSPS) is 21.5. The van der Waals surface area contributed by atoms with Gasteiger partial charge in [0.05, 0.1) is 45.5 Å². The van der Waals surface area contributed by atoms with Gasteiger partial charge < -0.3 is 40.6 Å². The van der Waals surface area contributed by atoms with Crippen LogP contribution < -0.4 is 26.0 Å². The van der Waals surface area contributed by atoms with Crippen molar-refractivity contribution in [3.8, 4) is 5.75 Å². The first-order chi connectivity index (χ1) is 20.7. The van der Waals surface area contributed by atoms with E-state index in [1.807, 2.05) is 30.3 Å². The summed E-state index contributed by atoms with van der Waals surface area (Å²) in [6.45, 7) is 2.94. The molecule has 0 aliphatic carbocycles. The molecule has 0 aromatic heterocycles. The van der Waals surface area contributed by atoms with E-state index >= 15 is 0 Å². The van der Waals surface area contributed by atoms with Crippen LogP contribution in [0.4, 0.5) is 0 Å². The van der Waals surface area contributed by atoms with Crippen LogP contribution in [0.5, 0.6) is 5.75 Å². The molecule has 12 nitrogen and oxygen atoms in total. The predicted molar refractivity (Wildman–Crippen MR) is 156 cm³/mol. The lowest BCUT2D eigenvalue weighted by Gasteiger charge is -2.26. The summed E-state index contributed by atoms with van der Waals surface area (Å²) < 4.78 is 16.1. The fraction of sp³-hybridized carbons (Fsp3) is 0.484. The molecule has 1 unspecified atom stereocenters. The molecule has 0 spiro atoms. The second kappa shape index (κ2) is 15.1. The highest BCUT2D eigenvalue weighted by Crippen LogP contribution is 2.29. The summed E-state index contributed by atoms with van der Waals surface area (Å²) >= 11 is 0. The number of aliphatic hydroxyl groups excluding tert-OH is 1. The molecule has 5 atom stereocenters. The zero-order chi connectivity index (χ0) is 30.8. The van der Waals surface area contributed by atoms with Gasteiger partial charge in [0, 0.05) is 19.5 Å². The molecule has 232 valence electrons. The molecule has 4 rings (SSSR count). The minimum atomic E-state index is -1.30. The van der Waals surface area contributed by atoms with E-state index in [4.69, 9.17) is 14.2 Å². The first-order valence-corrected chi connectivity index (χ1v) is 14.4. The summed E-state index contributed by atoms with van der Waals surface area (Å²) in [7, 11) is 1.54. The van der Waals surface area contributed by atoms with Gasteiger partial charge in [0.15, 0.2) is 5.78 Å². The van der Waals surface area contributed by atoms with Gasteiger partial charge in [-0.2, -0.15) is 0 Å². The van der Waals surface area contributed by atoms with Gasteiger partial charge in [0.1, 0.15) is 23.4 Å². The molecule has 2 aliphatic heterocycles. The van der Waals surface area contributed by atoms with E-state index in [1.165, 1.54) is 0 Å². The van der Waals surface area contributed by atoms with Gasteiger partial charge in [-0.3, -0.25) is 19.2 Å². The number of amides is 3. The second-order valence-electron chi connectivity index (χ2n) is 11.0. The van der Waals surface area contributed by atoms with Crippen molar-refractivity contribution in [1.29, 1.82) is 0 Å². The Kier molecular flexibility index (Phi) is 11.2. The molecule has 2 fully saturated rings. The first-order valence-electron chi connectivity index (χ1n) is 14.4. The largest absolute Gasteiger partial charge is 0.497 e. The Hall–Kier alpha value is -3.84. The molecule has 2 aromatic carbocycles. The third-order valence-electron chi connectivity index (χ3n) is 7.50. The van der Waals surface area contributed by atoms with Crippen LogP contribution in [0.15, 0.2) is 54.6 Å². The van der Waals surface area contributed by atoms with Crippen molar-refractivity contribution in [2.75, 3.05) is 40.0 Å². The monoisotopic (exact) mass is 596 g/mol. The van der Waals surface area contributed by atoms with E-state index in [-0.39, 0.29) is 37.8 Å². The number of methoxy groups -OCH3 is 1. The van der Waals surface area contributed by atoms with Gasteiger partial charge in [0.25, 0.3) is 0 Å². The van der Waals surface area contributed by atoms with Crippen LogP contribution in [0, 0.1) is 0 Å². The molecule has 0 radical (unpaired) electrons. The fourth-order valence-electron chi connectivity index (χ4n) is 4.83. The van der Waals surface area contributed by atoms with E-state index in [9.17, 15) is 24.3 Å². The van der Waals surface area contributed by atoms with Crippen molar-refractivity contribution in [3.05, 3.63) is 65.7 Å². The van der Waals surface area contributed by atoms with Crippen molar-refractivity contribution in [1.82, 2.24) is 21.3 Å². The van der Waals surface area contributed by atoms with Crippen molar-refractivity contribution in [3.63, 3.8) is 0 Å². The highest BCUT2D eigenvalue weighted by molar-refractivity contribution is 5.98. The van der Waals surface area contributed by atoms with Crippen molar-refractivity contribution < 1.29 is 38.5 Å². The molecule has 2 heterocycles. The van der Waals surface area contributed by atoms with Crippen LogP contribution in [0.3, 0.4) is 0 Å². The first kappa shape index (κ1) is 32.1. The maximum atomic E-state index is 13.7. The fourth-order valence-corrected chi connectivity index (χ4v) is 4.83. The average Bonchev–Trinajstić information content (AvgIpc) is 3.78. The van der Waals surface area contributed by atoms with Crippen LogP contribution in [0.25, 0.3) is 0 Å². The third kappa shape index (κ3) is 9.32. The SMILES string of the molecule is COc1ccc(C[C@H](NC(=O)[C@H](CO)NC(=O)CC2CNCCO2)C(=O)N[C@@H](Cc2ccccc2)C(=O)[C@@]2(C)CO2)cc1. The van der Waals surface area contributed by atoms with E-state index < -0.39 is 48.1 Å². The molecule has 5 N–H and O–H groups in total. The Morgan fingerprint density at radius 2 is 1.58 bits per heavy atom. The minimum absolute atomic E-state index is 0.0106. The zero-order valence-corrected chi connectivity index (χ0v) is 24.5. The number of Topliss-reactive ketones (excluding diaryl/α,β-unsaturated/α-hetero) is 1. The van der Waals surface area contributed by atoms with Crippen molar-refractivity contribution >= 4 is 23.5 Å². The summed E-state index contributed by atoms with van der Waals surface area (Å²) in [5, 5.41) is 21.1. The number of hydrogen-bond donors (Lipinski definition) is 5. The van der Waals surface area contributed by atoms with Gasteiger partial charge >= 0.3 is 0 Å². The topological polar surface area (TPSA) is 168 Å². The summed E-state index contributed by atoms with van der Waals surface area (Å²) in [5.74, 6) is -1.44. The summed E-state index contributed by atoms with van der Waals surface area (Å²) in [6.07, 6.45) is -0.0199. The highest BCUT2D eigenvalue weighted by Gasteiger charge is 2.50. The molecule has 2 aliphatic rings. The van der Waals surface area contributed by atoms with Gasteiger partial charge in [-0.15, -0.1) is 0 Å². The number of epoxide rings is 1. The van der Waals surface area contributed by atoms with Crippen LogP contribution in [-0.4, -0.2) is 98.5 Å². The smallest absolute Gasteiger partial charge is 0.245 e. The van der Waals surface area contributed by atoms with Crippen LogP contribution >= 0.6 is 0 Å². The summed E-state index contributed by atoms with van der Waals surface area (Å²) in [6, 6.07) is 13.0. The van der Waals surface area contributed by atoms with Gasteiger partial charge in [-0.05, 0) is 36.6 Å². The number of morpholine rings is 1. The number of aliphatic hydroxyl groups is 1. The number of ether oxygens (including phenoxy) is 3. The third-order valence-corrected chi connectivity index (χ3v) is 7.50. The number of carbonyl (C=O) groups excluding carboxylic acids is 4.